The number of fused-ring (bicyclic) bond motifs is 1. The second-order valence-corrected chi connectivity index (χ2v) is 5.05. The number of hydrogen-bond acceptors (Lipinski definition) is 2. The van der Waals surface area contributed by atoms with E-state index < -0.39 is 0 Å². The highest BCUT2D eigenvalue weighted by Crippen LogP contribution is 2.22. The predicted octanol–water partition coefficient (Wildman–Crippen LogP) is 1.49. The Bertz CT molecular complexity index is 577. The minimum atomic E-state index is -0.218. The van der Waals surface area contributed by atoms with Crippen molar-refractivity contribution in [1.29, 1.82) is 0 Å². The van der Waals surface area contributed by atoms with Gasteiger partial charge in [-0.25, -0.2) is 0 Å². The van der Waals surface area contributed by atoms with Crippen molar-refractivity contribution in [3.8, 4) is 0 Å². The Kier molecular flexibility index (Phi) is 3.83. The number of benzene rings is 1. The fourth-order valence-electron chi connectivity index (χ4n) is 2.67. The molecule has 4 heteroatoms. The molecule has 0 radical (unpaired) electrons. The highest BCUT2D eigenvalue weighted by atomic mass is 16.2. The molecule has 0 bridgehead atoms. The topological polar surface area (TPSA) is 46.1 Å². The largest absolute Gasteiger partial charge is 0.353 e. The van der Waals surface area contributed by atoms with Gasteiger partial charge in [0.15, 0.2) is 0 Å². The van der Waals surface area contributed by atoms with Gasteiger partial charge in [0.2, 0.25) is 5.91 Å². The monoisotopic (exact) mass is 269 g/mol. The molecule has 0 spiro atoms. The summed E-state index contributed by atoms with van der Waals surface area (Å²) in [6.45, 7) is 2.30. The summed E-state index contributed by atoms with van der Waals surface area (Å²) in [5.74, 6) is 0.0595. The quantitative estimate of drug-likeness (QED) is 0.883. The molecule has 2 aromatic rings. The van der Waals surface area contributed by atoms with Gasteiger partial charge in [-0.3, -0.25) is 4.79 Å². The molecule has 1 aromatic carbocycles. The lowest BCUT2D eigenvalue weighted by atomic mass is 9.94. The predicted molar refractivity (Wildman–Crippen MR) is 78.3 cm³/mol. The molecule has 104 valence electrons. The first-order valence-corrected chi connectivity index (χ1v) is 7.04. The fraction of sp³-hybridized carbons (Fsp3) is 0.312. The number of amides is 1. The molecule has 3 rings (SSSR count). The third kappa shape index (κ3) is 2.75. The van der Waals surface area contributed by atoms with Gasteiger partial charge < -0.3 is 15.2 Å². The van der Waals surface area contributed by atoms with E-state index in [0.29, 0.717) is 6.54 Å². The molecule has 0 aliphatic carbocycles. The summed E-state index contributed by atoms with van der Waals surface area (Å²) in [5, 5.41) is 6.31. The molecule has 1 aromatic heterocycles. The van der Waals surface area contributed by atoms with Crippen LogP contribution in [0.15, 0.2) is 48.8 Å². The SMILES string of the molecule is O=C(NCCn1cccc1)C1NCCc2ccccc21. The van der Waals surface area contributed by atoms with E-state index in [4.69, 9.17) is 0 Å². The van der Waals surface area contributed by atoms with Gasteiger partial charge in [-0.1, -0.05) is 24.3 Å². The standard InChI is InChI=1S/C16H19N3O/c20-16(18-9-12-19-10-3-4-11-19)15-14-6-2-1-5-13(14)7-8-17-15/h1-6,10-11,15,17H,7-9,12H2,(H,18,20). The van der Waals surface area contributed by atoms with Crippen LogP contribution in [0.4, 0.5) is 0 Å². The van der Waals surface area contributed by atoms with Gasteiger partial charge in [0, 0.05) is 32.0 Å². The maximum Gasteiger partial charge on any atom is 0.241 e. The van der Waals surface area contributed by atoms with Crippen LogP contribution in [0.5, 0.6) is 0 Å². The number of hydrogen-bond donors (Lipinski definition) is 2. The molecular weight excluding hydrogens is 250 g/mol. The maximum absolute atomic E-state index is 12.3. The van der Waals surface area contributed by atoms with E-state index in [0.717, 1.165) is 25.1 Å². The van der Waals surface area contributed by atoms with Crippen molar-refractivity contribution < 1.29 is 4.79 Å². The summed E-state index contributed by atoms with van der Waals surface area (Å²) in [7, 11) is 0. The minimum Gasteiger partial charge on any atom is -0.353 e. The van der Waals surface area contributed by atoms with Gasteiger partial charge in [0.25, 0.3) is 0 Å². The van der Waals surface area contributed by atoms with E-state index in [9.17, 15) is 4.79 Å². The number of aromatic nitrogens is 1. The van der Waals surface area contributed by atoms with E-state index >= 15 is 0 Å². The Morgan fingerprint density at radius 1 is 1.25 bits per heavy atom. The zero-order valence-electron chi connectivity index (χ0n) is 11.4. The summed E-state index contributed by atoms with van der Waals surface area (Å²) in [5.41, 5.74) is 2.38. The van der Waals surface area contributed by atoms with Gasteiger partial charge in [-0.05, 0) is 29.7 Å². The molecule has 1 aliphatic heterocycles. The lowest BCUT2D eigenvalue weighted by Crippen LogP contribution is -2.42. The maximum atomic E-state index is 12.3. The first-order chi connectivity index (χ1) is 9.84. The Hall–Kier alpha value is -2.07. The van der Waals surface area contributed by atoms with Crippen molar-refractivity contribution in [3.63, 3.8) is 0 Å². The highest BCUT2D eigenvalue weighted by Gasteiger charge is 2.25. The molecule has 20 heavy (non-hydrogen) atoms. The number of nitrogens with one attached hydrogen (secondary N) is 2. The number of carbonyl (C=O) groups excluding carboxylic acids is 1. The van der Waals surface area contributed by atoms with E-state index in [1.54, 1.807) is 0 Å². The van der Waals surface area contributed by atoms with Crippen molar-refractivity contribution in [1.82, 2.24) is 15.2 Å². The Labute approximate surface area is 118 Å². The molecule has 4 nitrogen and oxygen atoms in total. The second kappa shape index (κ2) is 5.92. The van der Waals surface area contributed by atoms with Crippen LogP contribution in [-0.4, -0.2) is 23.6 Å². The molecule has 1 atom stereocenters. The molecule has 0 fully saturated rings. The zero-order valence-corrected chi connectivity index (χ0v) is 11.4. The van der Waals surface area contributed by atoms with Crippen LogP contribution in [0.25, 0.3) is 0 Å². The highest BCUT2D eigenvalue weighted by molar-refractivity contribution is 5.83. The van der Waals surface area contributed by atoms with Crippen molar-refractivity contribution in [2.75, 3.05) is 13.1 Å². The van der Waals surface area contributed by atoms with Gasteiger partial charge >= 0.3 is 0 Å². The third-order valence-electron chi connectivity index (χ3n) is 3.71. The van der Waals surface area contributed by atoms with Crippen LogP contribution in [0.1, 0.15) is 17.2 Å². The van der Waals surface area contributed by atoms with Crippen LogP contribution in [0, 0.1) is 0 Å². The van der Waals surface area contributed by atoms with Gasteiger partial charge in [-0.2, -0.15) is 0 Å². The second-order valence-electron chi connectivity index (χ2n) is 5.05. The molecule has 0 saturated carbocycles. The van der Waals surface area contributed by atoms with Crippen molar-refractivity contribution >= 4 is 5.91 Å². The fourth-order valence-corrected chi connectivity index (χ4v) is 2.67. The molecule has 1 amide bonds. The molecule has 2 heterocycles. The van der Waals surface area contributed by atoms with Gasteiger partial charge in [-0.15, -0.1) is 0 Å². The van der Waals surface area contributed by atoms with Crippen molar-refractivity contribution in [2.45, 2.75) is 19.0 Å². The van der Waals surface area contributed by atoms with E-state index in [2.05, 4.69) is 21.3 Å². The van der Waals surface area contributed by atoms with E-state index in [1.807, 2.05) is 42.7 Å². The summed E-state index contributed by atoms with van der Waals surface area (Å²) < 4.78 is 2.06. The van der Waals surface area contributed by atoms with Crippen LogP contribution in [0.2, 0.25) is 0 Å². The van der Waals surface area contributed by atoms with Gasteiger partial charge in [0.1, 0.15) is 6.04 Å². The number of carbonyl (C=O) groups is 1. The summed E-state index contributed by atoms with van der Waals surface area (Å²) in [4.78, 5) is 12.3. The first-order valence-electron chi connectivity index (χ1n) is 7.04. The molecule has 0 saturated heterocycles. The van der Waals surface area contributed by atoms with Crippen LogP contribution >= 0.6 is 0 Å². The summed E-state index contributed by atoms with van der Waals surface area (Å²) >= 11 is 0. The zero-order chi connectivity index (χ0) is 13.8. The average Bonchev–Trinajstić information content (AvgIpc) is 3.00. The summed E-state index contributed by atoms with van der Waals surface area (Å²) in [6.07, 6.45) is 4.99. The van der Waals surface area contributed by atoms with Crippen LogP contribution in [0.3, 0.4) is 0 Å². The number of rotatable bonds is 4. The normalized spacial score (nSPS) is 17.5. The van der Waals surface area contributed by atoms with Crippen molar-refractivity contribution in [2.24, 2.45) is 0 Å². The van der Waals surface area contributed by atoms with Crippen LogP contribution in [-0.2, 0) is 17.8 Å². The molecule has 1 unspecified atom stereocenters. The third-order valence-corrected chi connectivity index (χ3v) is 3.71. The summed E-state index contributed by atoms with van der Waals surface area (Å²) in [6, 6.07) is 11.9. The van der Waals surface area contributed by atoms with Crippen molar-refractivity contribution in [3.05, 3.63) is 59.9 Å². The van der Waals surface area contributed by atoms with Crippen LogP contribution < -0.4 is 10.6 Å². The molecule has 1 aliphatic rings. The number of nitrogens with zero attached hydrogens (tertiary/aromatic N) is 1. The van der Waals surface area contributed by atoms with E-state index in [1.165, 1.54) is 5.56 Å². The van der Waals surface area contributed by atoms with E-state index in [-0.39, 0.29) is 11.9 Å². The average molecular weight is 269 g/mol. The lowest BCUT2D eigenvalue weighted by Gasteiger charge is -2.26. The Morgan fingerprint density at radius 3 is 2.90 bits per heavy atom. The van der Waals surface area contributed by atoms with Gasteiger partial charge in [0.05, 0.1) is 0 Å². The molecule has 2 N–H and O–H groups in total. The minimum absolute atomic E-state index is 0.0595. The molecular formula is C16H19N3O. The lowest BCUT2D eigenvalue weighted by molar-refractivity contribution is -0.123. The first kappa shape index (κ1) is 12.9. The Balaban J connectivity index is 1.60. The smallest absolute Gasteiger partial charge is 0.241 e. The Morgan fingerprint density at radius 2 is 2.05 bits per heavy atom.